The molecule has 1 N–H and O–H groups in total. The molecule has 3 aromatic rings. The predicted molar refractivity (Wildman–Crippen MR) is 120 cm³/mol. The second-order valence-electron chi connectivity index (χ2n) is 9.00. The second kappa shape index (κ2) is 6.86. The van der Waals surface area contributed by atoms with E-state index >= 15 is 0 Å². The van der Waals surface area contributed by atoms with Gasteiger partial charge in [0.25, 0.3) is 0 Å². The number of aromatic amines is 1. The molecule has 30 heavy (non-hydrogen) atoms. The summed E-state index contributed by atoms with van der Waals surface area (Å²) in [7, 11) is 0. The molecule has 0 aliphatic carbocycles. The van der Waals surface area contributed by atoms with E-state index in [0.717, 1.165) is 49.1 Å². The third-order valence-corrected chi connectivity index (χ3v) is 7.10. The lowest BCUT2D eigenvalue weighted by Gasteiger charge is -2.35. The summed E-state index contributed by atoms with van der Waals surface area (Å²) in [5.74, 6) is 1.06. The van der Waals surface area contributed by atoms with Gasteiger partial charge in [-0.3, -0.25) is 0 Å². The molecule has 154 valence electrons. The first-order chi connectivity index (χ1) is 14.7. The lowest BCUT2D eigenvalue weighted by molar-refractivity contribution is 0.256. The Morgan fingerprint density at radius 2 is 2.03 bits per heavy atom. The van der Waals surface area contributed by atoms with Crippen LogP contribution < -0.4 is 4.90 Å². The molecule has 4 nitrogen and oxygen atoms in total. The van der Waals surface area contributed by atoms with Gasteiger partial charge in [0.2, 0.25) is 0 Å². The Labute approximate surface area is 176 Å². The first-order valence-electron chi connectivity index (χ1n) is 11.2. The lowest BCUT2D eigenvalue weighted by atomic mass is 10.0. The van der Waals surface area contributed by atoms with Crippen LogP contribution in [0.25, 0.3) is 10.9 Å². The Morgan fingerprint density at radius 1 is 1.10 bits per heavy atom. The van der Waals surface area contributed by atoms with Gasteiger partial charge in [-0.1, -0.05) is 6.07 Å². The van der Waals surface area contributed by atoms with Gasteiger partial charge in [-0.15, -0.1) is 0 Å². The van der Waals surface area contributed by atoms with Crippen LogP contribution in [-0.4, -0.2) is 34.9 Å². The fourth-order valence-corrected chi connectivity index (χ4v) is 5.41. The summed E-state index contributed by atoms with van der Waals surface area (Å²) in [5.41, 5.74) is 7.14. The van der Waals surface area contributed by atoms with Gasteiger partial charge < -0.3 is 14.8 Å². The van der Waals surface area contributed by atoms with E-state index in [2.05, 4.69) is 39.9 Å². The van der Waals surface area contributed by atoms with Gasteiger partial charge in [0.15, 0.2) is 0 Å². The zero-order valence-electron chi connectivity index (χ0n) is 17.4. The van der Waals surface area contributed by atoms with Gasteiger partial charge >= 0.3 is 0 Å². The van der Waals surface area contributed by atoms with Crippen LogP contribution >= 0.6 is 0 Å². The van der Waals surface area contributed by atoms with Crippen molar-refractivity contribution in [3.05, 3.63) is 59.0 Å². The number of aromatic nitrogens is 1. The third-order valence-electron chi connectivity index (χ3n) is 7.10. The summed E-state index contributed by atoms with van der Waals surface area (Å²) in [6, 6.07) is 12.4. The van der Waals surface area contributed by atoms with Crippen LogP contribution in [0.5, 0.6) is 0 Å². The molecule has 0 bridgehead atoms. The molecule has 0 spiro atoms. The normalized spacial score (nSPS) is 21.0. The summed E-state index contributed by atoms with van der Waals surface area (Å²) in [6.07, 6.45) is 5.78. The van der Waals surface area contributed by atoms with Gasteiger partial charge in [-0.05, 0) is 62.1 Å². The molecule has 0 saturated carbocycles. The van der Waals surface area contributed by atoms with Gasteiger partial charge in [-0.25, -0.2) is 9.38 Å². The number of aliphatic imine (C=N–C) groups is 1. The number of nitrogens with one attached hydrogen (secondary N) is 1. The number of anilines is 1. The Morgan fingerprint density at radius 3 is 2.93 bits per heavy atom. The van der Waals surface area contributed by atoms with Crippen LogP contribution in [0.15, 0.2) is 41.4 Å². The average Bonchev–Trinajstić information content (AvgIpc) is 3.33. The highest BCUT2D eigenvalue weighted by atomic mass is 19.1. The van der Waals surface area contributed by atoms with Crippen LogP contribution in [0.3, 0.4) is 0 Å². The number of amidine groups is 1. The topological polar surface area (TPSA) is 34.6 Å². The first kappa shape index (κ1) is 18.0. The quantitative estimate of drug-likeness (QED) is 0.597. The lowest BCUT2D eigenvalue weighted by Crippen LogP contribution is -2.42. The minimum atomic E-state index is -0.187. The monoisotopic (exact) mass is 402 g/mol. The summed E-state index contributed by atoms with van der Waals surface area (Å²) >= 11 is 0. The number of hydrogen-bond donors (Lipinski definition) is 1. The standard InChI is InChI=1S/C25H27FN4/c1-16-4-2-3-10-30(16)25-12-17-5-7-19(14-23(17)28-25)29-11-9-22-21(15-29)20-8-6-18(26)13-24(20)27-22/h5-8,13-14,16,27H,2-4,9-12,15H2,1H3. The summed E-state index contributed by atoms with van der Waals surface area (Å²) in [5, 5.41) is 1.14. The number of benzene rings is 2. The maximum atomic E-state index is 13.6. The molecule has 0 amide bonds. The maximum Gasteiger partial charge on any atom is 0.125 e. The number of hydrogen-bond acceptors (Lipinski definition) is 3. The molecule has 2 aromatic carbocycles. The van der Waals surface area contributed by atoms with Crippen molar-refractivity contribution in [2.75, 3.05) is 18.0 Å². The zero-order chi connectivity index (χ0) is 20.2. The molecule has 1 saturated heterocycles. The fourth-order valence-electron chi connectivity index (χ4n) is 5.41. The summed E-state index contributed by atoms with van der Waals surface area (Å²) in [4.78, 5) is 13.4. The molecule has 0 radical (unpaired) electrons. The molecule has 1 fully saturated rings. The van der Waals surface area contributed by atoms with E-state index in [-0.39, 0.29) is 5.82 Å². The third kappa shape index (κ3) is 2.91. The molecule has 5 heteroatoms. The van der Waals surface area contributed by atoms with Crippen molar-refractivity contribution in [2.45, 2.75) is 51.6 Å². The molecule has 1 aromatic heterocycles. The minimum Gasteiger partial charge on any atom is -0.367 e. The molecular weight excluding hydrogens is 375 g/mol. The minimum absolute atomic E-state index is 0.187. The van der Waals surface area contributed by atoms with Gasteiger partial charge in [0, 0.05) is 66.4 Å². The van der Waals surface area contributed by atoms with Crippen molar-refractivity contribution in [3.63, 3.8) is 0 Å². The van der Waals surface area contributed by atoms with E-state index in [1.165, 1.54) is 47.6 Å². The Balaban J connectivity index is 1.28. The number of H-pyrrole nitrogens is 1. The van der Waals surface area contributed by atoms with E-state index in [1.807, 2.05) is 6.07 Å². The van der Waals surface area contributed by atoms with Crippen LogP contribution in [0.4, 0.5) is 15.8 Å². The highest BCUT2D eigenvalue weighted by Gasteiger charge is 2.27. The number of piperidine rings is 1. The van der Waals surface area contributed by atoms with Gasteiger partial charge in [0.05, 0.1) is 5.69 Å². The van der Waals surface area contributed by atoms with Crippen LogP contribution in [0.2, 0.25) is 0 Å². The SMILES string of the molecule is CC1CCCCN1C1=Nc2cc(N3CCc4[nH]c5cc(F)ccc5c4C3)ccc2C1. The van der Waals surface area contributed by atoms with Crippen molar-refractivity contribution in [1.29, 1.82) is 0 Å². The van der Waals surface area contributed by atoms with E-state index in [1.54, 1.807) is 12.1 Å². The molecule has 3 aliphatic rings. The predicted octanol–water partition coefficient (Wildman–Crippen LogP) is 5.33. The molecule has 4 heterocycles. The largest absolute Gasteiger partial charge is 0.367 e. The number of rotatable bonds is 1. The van der Waals surface area contributed by atoms with Crippen molar-refractivity contribution < 1.29 is 4.39 Å². The van der Waals surface area contributed by atoms with Gasteiger partial charge in [0.1, 0.15) is 11.7 Å². The average molecular weight is 403 g/mol. The molecule has 3 aliphatic heterocycles. The van der Waals surface area contributed by atoms with Crippen LogP contribution in [0.1, 0.15) is 43.0 Å². The van der Waals surface area contributed by atoms with Crippen molar-refractivity contribution in [3.8, 4) is 0 Å². The van der Waals surface area contributed by atoms with Crippen LogP contribution in [-0.2, 0) is 19.4 Å². The highest BCUT2D eigenvalue weighted by Crippen LogP contribution is 2.36. The van der Waals surface area contributed by atoms with E-state index in [4.69, 9.17) is 4.99 Å². The van der Waals surface area contributed by atoms with Crippen molar-refractivity contribution >= 4 is 28.1 Å². The van der Waals surface area contributed by atoms with Crippen LogP contribution in [0, 0.1) is 5.82 Å². The van der Waals surface area contributed by atoms with Crippen molar-refractivity contribution in [1.82, 2.24) is 9.88 Å². The first-order valence-corrected chi connectivity index (χ1v) is 11.2. The van der Waals surface area contributed by atoms with E-state index < -0.39 is 0 Å². The number of fused-ring (bicyclic) bond motifs is 4. The second-order valence-corrected chi connectivity index (χ2v) is 9.00. The van der Waals surface area contributed by atoms with E-state index in [9.17, 15) is 4.39 Å². The Kier molecular flexibility index (Phi) is 4.12. The molecule has 6 rings (SSSR count). The zero-order valence-corrected chi connectivity index (χ0v) is 17.4. The summed E-state index contributed by atoms with van der Waals surface area (Å²) in [6.45, 7) is 5.27. The Bertz CT molecular complexity index is 1160. The summed E-state index contributed by atoms with van der Waals surface area (Å²) < 4.78 is 13.6. The number of likely N-dealkylation sites (tertiary alicyclic amines) is 1. The van der Waals surface area contributed by atoms with Gasteiger partial charge in [-0.2, -0.15) is 0 Å². The maximum absolute atomic E-state index is 13.6. The molecular formula is C25H27FN4. The molecule has 1 atom stereocenters. The fraction of sp³-hybridized carbons (Fsp3) is 0.400. The van der Waals surface area contributed by atoms with Crippen molar-refractivity contribution in [2.24, 2.45) is 4.99 Å². The van der Waals surface area contributed by atoms with E-state index in [0.29, 0.717) is 6.04 Å². The number of halogens is 1. The molecule has 1 unspecified atom stereocenters. The Hall–Kier alpha value is -2.82. The highest BCUT2D eigenvalue weighted by molar-refractivity contribution is 5.93. The number of nitrogens with zero attached hydrogens (tertiary/aromatic N) is 3. The smallest absolute Gasteiger partial charge is 0.125 e.